The van der Waals surface area contributed by atoms with Gasteiger partial charge in [0.2, 0.25) is 0 Å². The Balaban J connectivity index is 0.000000231. The van der Waals surface area contributed by atoms with E-state index >= 15 is 0 Å². The molecular weight excluding hydrogens is 296 g/mol. The quantitative estimate of drug-likeness (QED) is 0.534. The fourth-order valence-corrected chi connectivity index (χ4v) is 3.27. The zero-order valence-corrected chi connectivity index (χ0v) is 17.0. The van der Waals surface area contributed by atoms with E-state index in [9.17, 15) is 0 Å². The third kappa shape index (κ3) is 6.51. The monoisotopic (exact) mass is 330 g/mol. The first-order chi connectivity index (χ1) is 10.7. The molecule has 0 atom stereocenters. The molecule has 1 heterocycles. The molecular formula is C22H34S. The van der Waals surface area contributed by atoms with Gasteiger partial charge in [0, 0.05) is 9.75 Å². The predicted molar refractivity (Wildman–Crippen MR) is 107 cm³/mol. The van der Waals surface area contributed by atoms with Crippen LogP contribution in [0.5, 0.6) is 0 Å². The lowest BCUT2D eigenvalue weighted by Crippen LogP contribution is -1.90. The molecule has 0 radical (unpaired) electrons. The van der Waals surface area contributed by atoms with Gasteiger partial charge in [-0.05, 0) is 46.9 Å². The average Bonchev–Trinajstić information content (AvgIpc) is 2.98. The summed E-state index contributed by atoms with van der Waals surface area (Å²) < 4.78 is 0. The van der Waals surface area contributed by atoms with Gasteiger partial charge in [-0.1, -0.05) is 79.7 Å². The third-order valence-electron chi connectivity index (χ3n) is 4.06. The summed E-state index contributed by atoms with van der Waals surface area (Å²) in [6.07, 6.45) is 0. The lowest BCUT2D eigenvalue weighted by atomic mass is 9.97. The predicted octanol–water partition coefficient (Wildman–Crippen LogP) is 7.93. The van der Waals surface area contributed by atoms with Crippen molar-refractivity contribution in [2.45, 2.75) is 79.1 Å². The Labute approximate surface area is 148 Å². The summed E-state index contributed by atoms with van der Waals surface area (Å²) in [6, 6.07) is 13.5. The molecule has 0 amide bonds. The first kappa shape index (κ1) is 20.0. The molecule has 0 bridgehead atoms. The minimum atomic E-state index is 0.645. The Kier molecular flexibility index (Phi) is 8.05. The highest BCUT2D eigenvalue weighted by Crippen LogP contribution is 2.28. The van der Waals surface area contributed by atoms with Gasteiger partial charge >= 0.3 is 0 Å². The Bertz CT molecular complexity index is 506. The SMILES string of the molecule is CC(C)c1ccc(C(C)C)cc1.CC(C)c1ccc(C(C)C)s1. The highest BCUT2D eigenvalue weighted by atomic mass is 32.1. The molecule has 0 aliphatic heterocycles. The molecule has 0 nitrogen and oxygen atoms in total. The van der Waals surface area contributed by atoms with Crippen molar-refractivity contribution in [1.82, 2.24) is 0 Å². The minimum absolute atomic E-state index is 0.645. The number of thiophene rings is 1. The van der Waals surface area contributed by atoms with Gasteiger partial charge in [0.25, 0.3) is 0 Å². The number of hydrogen-bond donors (Lipinski definition) is 0. The van der Waals surface area contributed by atoms with E-state index in [2.05, 4.69) is 91.8 Å². The van der Waals surface area contributed by atoms with Crippen LogP contribution >= 0.6 is 11.3 Å². The van der Waals surface area contributed by atoms with Crippen LogP contribution < -0.4 is 0 Å². The Hall–Kier alpha value is -1.08. The molecule has 0 aliphatic carbocycles. The van der Waals surface area contributed by atoms with Crippen molar-refractivity contribution in [2.24, 2.45) is 0 Å². The highest BCUT2D eigenvalue weighted by Gasteiger charge is 2.05. The summed E-state index contributed by atoms with van der Waals surface area (Å²) in [5.74, 6) is 2.66. The number of benzene rings is 1. The maximum atomic E-state index is 2.25. The summed E-state index contributed by atoms with van der Waals surface area (Å²) >= 11 is 1.95. The van der Waals surface area contributed by atoms with Crippen LogP contribution in [-0.2, 0) is 0 Å². The second kappa shape index (κ2) is 9.27. The molecule has 2 rings (SSSR count). The lowest BCUT2D eigenvalue weighted by Gasteiger charge is -2.08. The van der Waals surface area contributed by atoms with Gasteiger partial charge in [0.1, 0.15) is 0 Å². The van der Waals surface area contributed by atoms with E-state index < -0.39 is 0 Å². The lowest BCUT2D eigenvalue weighted by molar-refractivity contribution is 0.845. The van der Waals surface area contributed by atoms with Crippen LogP contribution in [-0.4, -0.2) is 0 Å². The van der Waals surface area contributed by atoms with Crippen LogP contribution in [0.1, 0.15) is 99.9 Å². The van der Waals surface area contributed by atoms with E-state index in [1.165, 1.54) is 20.9 Å². The smallest absolute Gasteiger partial charge is 0.00737 e. The highest BCUT2D eigenvalue weighted by molar-refractivity contribution is 7.12. The second-order valence-corrected chi connectivity index (χ2v) is 8.67. The van der Waals surface area contributed by atoms with Crippen molar-refractivity contribution in [3.05, 3.63) is 57.3 Å². The van der Waals surface area contributed by atoms with Crippen LogP contribution in [0, 0.1) is 0 Å². The molecule has 0 spiro atoms. The molecule has 1 heteroatoms. The van der Waals surface area contributed by atoms with Gasteiger partial charge in [-0.25, -0.2) is 0 Å². The molecule has 1 aromatic heterocycles. The first-order valence-corrected chi connectivity index (χ1v) is 9.73. The number of hydrogen-bond acceptors (Lipinski definition) is 1. The van der Waals surface area contributed by atoms with Gasteiger partial charge < -0.3 is 0 Å². The van der Waals surface area contributed by atoms with Crippen molar-refractivity contribution >= 4 is 11.3 Å². The molecule has 0 N–H and O–H groups in total. The Morgan fingerprint density at radius 3 is 0.957 bits per heavy atom. The zero-order chi connectivity index (χ0) is 17.6. The van der Waals surface area contributed by atoms with Crippen LogP contribution in [0.2, 0.25) is 0 Å². The largest absolute Gasteiger partial charge is 0.145 e. The second-order valence-electron chi connectivity index (χ2n) is 7.53. The maximum Gasteiger partial charge on any atom is 0.00737 e. The maximum absolute atomic E-state index is 2.25. The van der Waals surface area contributed by atoms with E-state index in [1.807, 2.05) is 11.3 Å². The molecule has 0 saturated heterocycles. The summed E-state index contributed by atoms with van der Waals surface area (Å²) in [7, 11) is 0. The topological polar surface area (TPSA) is 0 Å². The van der Waals surface area contributed by atoms with Crippen molar-refractivity contribution in [2.75, 3.05) is 0 Å². The van der Waals surface area contributed by atoms with Gasteiger partial charge in [0.05, 0.1) is 0 Å². The van der Waals surface area contributed by atoms with Crippen LogP contribution in [0.4, 0.5) is 0 Å². The van der Waals surface area contributed by atoms with Crippen molar-refractivity contribution in [1.29, 1.82) is 0 Å². The molecule has 0 fully saturated rings. The van der Waals surface area contributed by atoms with Gasteiger partial charge in [-0.15, -0.1) is 11.3 Å². The summed E-state index contributed by atoms with van der Waals surface area (Å²) in [5.41, 5.74) is 2.86. The van der Waals surface area contributed by atoms with E-state index in [1.54, 1.807) is 0 Å². The minimum Gasteiger partial charge on any atom is -0.145 e. The van der Waals surface area contributed by atoms with E-state index in [0.29, 0.717) is 23.7 Å². The van der Waals surface area contributed by atoms with Crippen LogP contribution in [0.25, 0.3) is 0 Å². The van der Waals surface area contributed by atoms with Crippen LogP contribution in [0.3, 0.4) is 0 Å². The standard InChI is InChI=1S/C12H18.C10H16S/c1-9(2)11-5-7-12(8-6-11)10(3)4;1-7(2)9-5-6-10(11-9)8(3)4/h5-10H,1-4H3;5-8H,1-4H3. The van der Waals surface area contributed by atoms with Crippen molar-refractivity contribution in [3.8, 4) is 0 Å². The van der Waals surface area contributed by atoms with Gasteiger partial charge in [-0.3, -0.25) is 0 Å². The van der Waals surface area contributed by atoms with Gasteiger partial charge in [0.15, 0.2) is 0 Å². The molecule has 0 saturated carbocycles. The molecule has 0 aliphatic rings. The normalized spacial score (nSPS) is 11.3. The van der Waals surface area contributed by atoms with E-state index in [0.717, 1.165) is 0 Å². The van der Waals surface area contributed by atoms with Crippen molar-refractivity contribution in [3.63, 3.8) is 0 Å². The average molecular weight is 331 g/mol. The Morgan fingerprint density at radius 1 is 0.478 bits per heavy atom. The molecule has 1 aromatic carbocycles. The molecule has 0 unspecified atom stereocenters. The fourth-order valence-electron chi connectivity index (χ4n) is 2.25. The zero-order valence-electron chi connectivity index (χ0n) is 16.2. The fraction of sp³-hybridized carbons (Fsp3) is 0.545. The summed E-state index contributed by atoms with van der Waals surface area (Å²) in [6.45, 7) is 17.9. The van der Waals surface area contributed by atoms with Crippen molar-refractivity contribution < 1.29 is 0 Å². The molecule has 2 aromatic rings. The summed E-state index contributed by atoms with van der Waals surface area (Å²) in [5, 5.41) is 0. The number of rotatable bonds is 4. The first-order valence-electron chi connectivity index (χ1n) is 8.91. The van der Waals surface area contributed by atoms with E-state index in [4.69, 9.17) is 0 Å². The molecule has 23 heavy (non-hydrogen) atoms. The summed E-state index contributed by atoms with van der Waals surface area (Å²) in [4.78, 5) is 3.02. The van der Waals surface area contributed by atoms with Crippen LogP contribution in [0.15, 0.2) is 36.4 Å². The van der Waals surface area contributed by atoms with E-state index in [-0.39, 0.29) is 0 Å². The van der Waals surface area contributed by atoms with Gasteiger partial charge in [-0.2, -0.15) is 0 Å². The third-order valence-corrected chi connectivity index (χ3v) is 5.74. The molecule has 128 valence electrons. The Morgan fingerprint density at radius 2 is 0.783 bits per heavy atom.